The number of hydrogen-bond acceptors (Lipinski definition) is 5. The van der Waals surface area contributed by atoms with Crippen molar-refractivity contribution in [1.82, 2.24) is 9.88 Å². The Morgan fingerprint density at radius 1 is 1.19 bits per heavy atom. The van der Waals surface area contributed by atoms with E-state index < -0.39 is 0 Å². The van der Waals surface area contributed by atoms with Crippen molar-refractivity contribution in [2.45, 2.75) is 20.3 Å². The van der Waals surface area contributed by atoms with E-state index in [2.05, 4.69) is 30.9 Å². The molecule has 1 fully saturated rings. The van der Waals surface area contributed by atoms with E-state index in [4.69, 9.17) is 21.3 Å². The minimum atomic E-state index is -0.0822. The first-order chi connectivity index (χ1) is 15.5. The lowest BCUT2D eigenvalue weighted by molar-refractivity contribution is -0.114. The van der Waals surface area contributed by atoms with Gasteiger partial charge in [-0.3, -0.25) is 14.6 Å². The zero-order valence-corrected chi connectivity index (χ0v) is 20.1. The summed E-state index contributed by atoms with van der Waals surface area (Å²) < 4.78 is 6.58. The average Bonchev–Trinajstić information content (AvgIpc) is 3.26. The molecule has 1 aromatic heterocycles. The van der Waals surface area contributed by atoms with Crippen molar-refractivity contribution in [2.24, 2.45) is 0 Å². The lowest BCUT2D eigenvalue weighted by Crippen LogP contribution is -2.39. The highest BCUT2D eigenvalue weighted by Crippen LogP contribution is 2.33. The summed E-state index contributed by atoms with van der Waals surface area (Å²) in [5, 5.41) is 1.37. The zero-order chi connectivity index (χ0) is 22.5. The van der Waals surface area contributed by atoms with Crippen LogP contribution in [0.5, 0.6) is 0 Å². The number of carbonyl (C=O) groups is 1. The number of hydrogen-bond donors (Lipinski definition) is 0. The molecule has 0 bridgehead atoms. The van der Waals surface area contributed by atoms with Gasteiger partial charge in [-0.05, 0) is 49.1 Å². The Bertz CT molecular complexity index is 1080. The Morgan fingerprint density at radius 3 is 2.69 bits per heavy atom. The number of benzene rings is 2. The van der Waals surface area contributed by atoms with Crippen molar-refractivity contribution in [3.63, 3.8) is 0 Å². The predicted octanol–water partition coefficient (Wildman–Crippen LogP) is 5.34. The summed E-state index contributed by atoms with van der Waals surface area (Å²) in [6.07, 6.45) is 4.25. The highest BCUT2D eigenvalue weighted by molar-refractivity contribution is 7.22. The molecule has 0 atom stereocenters. The molecule has 1 saturated heterocycles. The number of aryl methyl sites for hydroxylation is 2. The van der Waals surface area contributed by atoms with Gasteiger partial charge in [0.1, 0.15) is 0 Å². The highest BCUT2D eigenvalue weighted by atomic mass is 35.5. The van der Waals surface area contributed by atoms with Gasteiger partial charge in [0.25, 0.3) is 5.91 Å². The van der Waals surface area contributed by atoms with Gasteiger partial charge in [0.05, 0.1) is 23.4 Å². The maximum atomic E-state index is 13.3. The van der Waals surface area contributed by atoms with Crippen LogP contribution >= 0.6 is 22.9 Å². The summed E-state index contributed by atoms with van der Waals surface area (Å²) in [5.41, 5.74) is 4.11. The van der Waals surface area contributed by atoms with E-state index in [9.17, 15) is 4.79 Å². The summed E-state index contributed by atoms with van der Waals surface area (Å²) in [6, 6.07) is 11.7. The molecular formula is C25H28ClN3O2S. The Balaban J connectivity index is 1.57. The Morgan fingerprint density at radius 2 is 1.94 bits per heavy atom. The number of aromatic nitrogens is 1. The molecule has 5 nitrogen and oxygen atoms in total. The van der Waals surface area contributed by atoms with E-state index in [0.717, 1.165) is 65.7 Å². The van der Waals surface area contributed by atoms with Gasteiger partial charge in [0.2, 0.25) is 0 Å². The molecule has 3 aromatic rings. The SMILES string of the molecule is Cc1ccc(C)c2sc(N(CCCN3CCOCC3)C(=O)/C=C/c3ccccc3Cl)nc12. The summed E-state index contributed by atoms with van der Waals surface area (Å²) in [7, 11) is 0. The third-order valence-corrected chi connectivity index (χ3v) is 7.26. The van der Waals surface area contributed by atoms with Crippen LogP contribution in [0.4, 0.5) is 5.13 Å². The zero-order valence-electron chi connectivity index (χ0n) is 18.5. The van der Waals surface area contributed by atoms with Crippen LogP contribution in [-0.4, -0.2) is 55.2 Å². The molecule has 0 unspecified atom stereocenters. The highest BCUT2D eigenvalue weighted by Gasteiger charge is 2.20. The Hall–Kier alpha value is -2.25. The number of ether oxygens (including phenoxy) is 1. The molecular weight excluding hydrogens is 442 g/mol. The molecule has 4 rings (SSSR count). The van der Waals surface area contributed by atoms with Crippen LogP contribution in [0.15, 0.2) is 42.5 Å². The molecule has 2 aromatic carbocycles. The van der Waals surface area contributed by atoms with Gasteiger partial charge in [-0.1, -0.05) is 53.3 Å². The standard InChI is InChI=1S/C25H28ClN3O2S/c1-18-8-9-19(2)24-23(18)27-25(32-24)29(13-5-12-28-14-16-31-17-15-28)22(30)11-10-20-6-3-4-7-21(20)26/h3-4,6-11H,5,12-17H2,1-2H3/b11-10+. The van der Waals surface area contributed by atoms with Gasteiger partial charge in [-0.15, -0.1) is 0 Å². The van der Waals surface area contributed by atoms with Crippen molar-refractivity contribution < 1.29 is 9.53 Å². The summed E-state index contributed by atoms with van der Waals surface area (Å²) >= 11 is 7.85. The third-order valence-electron chi connectivity index (χ3n) is 5.70. The number of amides is 1. The van der Waals surface area contributed by atoms with Crippen molar-refractivity contribution in [3.05, 3.63) is 64.2 Å². The van der Waals surface area contributed by atoms with E-state index in [1.807, 2.05) is 24.3 Å². The smallest absolute Gasteiger partial charge is 0.252 e. The first-order valence-electron chi connectivity index (χ1n) is 10.9. The monoisotopic (exact) mass is 469 g/mol. The maximum Gasteiger partial charge on any atom is 0.252 e. The molecule has 0 saturated carbocycles. The molecule has 7 heteroatoms. The maximum absolute atomic E-state index is 13.3. The largest absolute Gasteiger partial charge is 0.379 e. The number of fused-ring (bicyclic) bond motifs is 1. The summed E-state index contributed by atoms with van der Waals surface area (Å²) in [4.78, 5) is 22.3. The molecule has 1 amide bonds. The van der Waals surface area contributed by atoms with Gasteiger partial charge in [-0.2, -0.15) is 0 Å². The predicted molar refractivity (Wildman–Crippen MR) is 134 cm³/mol. The summed E-state index contributed by atoms with van der Waals surface area (Å²) in [5.74, 6) is -0.0822. The minimum Gasteiger partial charge on any atom is -0.379 e. The first kappa shape index (κ1) is 22.9. The van der Waals surface area contributed by atoms with Gasteiger partial charge >= 0.3 is 0 Å². The molecule has 1 aliphatic heterocycles. The number of carbonyl (C=O) groups excluding carboxylic acids is 1. The second kappa shape index (κ2) is 10.6. The van der Waals surface area contributed by atoms with Gasteiger partial charge < -0.3 is 4.74 Å². The molecule has 0 aliphatic carbocycles. The fourth-order valence-electron chi connectivity index (χ4n) is 3.80. The van der Waals surface area contributed by atoms with Crippen LogP contribution in [0.2, 0.25) is 5.02 Å². The minimum absolute atomic E-state index is 0.0822. The topological polar surface area (TPSA) is 45.7 Å². The average molecular weight is 470 g/mol. The molecule has 0 N–H and O–H groups in total. The van der Waals surface area contributed by atoms with E-state index in [1.165, 1.54) is 5.56 Å². The van der Waals surface area contributed by atoms with Crippen LogP contribution in [0, 0.1) is 13.8 Å². The molecule has 0 radical (unpaired) electrons. The van der Waals surface area contributed by atoms with Crippen molar-refractivity contribution in [1.29, 1.82) is 0 Å². The number of halogens is 1. The van der Waals surface area contributed by atoms with E-state index in [0.29, 0.717) is 11.6 Å². The fraction of sp³-hybridized carbons (Fsp3) is 0.360. The van der Waals surface area contributed by atoms with E-state index >= 15 is 0 Å². The second-order valence-electron chi connectivity index (χ2n) is 8.03. The normalized spacial score (nSPS) is 15.0. The van der Waals surface area contributed by atoms with Crippen LogP contribution in [-0.2, 0) is 9.53 Å². The molecule has 168 valence electrons. The van der Waals surface area contributed by atoms with Gasteiger partial charge in [0, 0.05) is 37.3 Å². The molecule has 0 spiro atoms. The number of rotatable bonds is 7. The van der Waals surface area contributed by atoms with E-state index in [-0.39, 0.29) is 5.91 Å². The first-order valence-corrected chi connectivity index (χ1v) is 12.1. The number of anilines is 1. The number of morpholine rings is 1. The number of thiazole rings is 1. The van der Waals surface area contributed by atoms with Gasteiger partial charge in [0.15, 0.2) is 5.13 Å². The molecule has 32 heavy (non-hydrogen) atoms. The third kappa shape index (κ3) is 5.38. The lowest BCUT2D eigenvalue weighted by atomic mass is 10.1. The summed E-state index contributed by atoms with van der Waals surface area (Å²) in [6.45, 7) is 9.14. The second-order valence-corrected chi connectivity index (χ2v) is 9.41. The van der Waals surface area contributed by atoms with Gasteiger partial charge in [-0.25, -0.2) is 4.98 Å². The van der Waals surface area contributed by atoms with Crippen LogP contribution < -0.4 is 4.90 Å². The van der Waals surface area contributed by atoms with Crippen molar-refractivity contribution >= 4 is 50.3 Å². The van der Waals surface area contributed by atoms with E-state index in [1.54, 1.807) is 28.4 Å². The van der Waals surface area contributed by atoms with Crippen LogP contribution in [0.1, 0.15) is 23.1 Å². The molecule has 1 aliphatic rings. The molecule has 2 heterocycles. The van der Waals surface area contributed by atoms with Crippen molar-refractivity contribution in [2.75, 3.05) is 44.3 Å². The Kier molecular flexibility index (Phi) is 7.58. The lowest BCUT2D eigenvalue weighted by Gasteiger charge is -2.27. The fourth-order valence-corrected chi connectivity index (χ4v) is 5.14. The quantitative estimate of drug-likeness (QED) is 0.438. The van der Waals surface area contributed by atoms with Crippen molar-refractivity contribution in [3.8, 4) is 0 Å². The van der Waals surface area contributed by atoms with Crippen LogP contribution in [0.25, 0.3) is 16.3 Å². The Labute approximate surface area is 198 Å². The van der Waals surface area contributed by atoms with Crippen LogP contribution in [0.3, 0.4) is 0 Å². The number of nitrogens with zero attached hydrogens (tertiary/aromatic N) is 3.